The average Bonchev–Trinajstić information content (AvgIpc) is 2.68. The molecule has 2 aliphatic rings. The van der Waals surface area contributed by atoms with Gasteiger partial charge in [-0.05, 0) is 62.1 Å². The van der Waals surface area contributed by atoms with Crippen molar-refractivity contribution in [3.63, 3.8) is 0 Å². The number of carbonyl (C=O) groups excluding carboxylic acids is 2. The van der Waals surface area contributed by atoms with E-state index in [1.165, 1.54) is 6.07 Å². The lowest BCUT2D eigenvalue weighted by Gasteiger charge is -2.46. The van der Waals surface area contributed by atoms with Crippen LogP contribution in [0.25, 0.3) is 0 Å². The minimum absolute atomic E-state index is 0.0281. The average molecular weight is 367 g/mol. The highest BCUT2D eigenvalue weighted by Gasteiger charge is 2.37. The fourth-order valence-corrected chi connectivity index (χ4v) is 3.89. The zero-order valence-corrected chi connectivity index (χ0v) is 15.5. The highest BCUT2D eigenvalue weighted by Crippen LogP contribution is 2.35. The first kappa shape index (κ1) is 17.5. The third kappa shape index (κ3) is 3.05. The molecular formula is C21H22FN3O2. The summed E-state index contributed by atoms with van der Waals surface area (Å²) in [5.74, 6) is -0.658. The molecule has 2 heterocycles. The van der Waals surface area contributed by atoms with Gasteiger partial charge in [-0.15, -0.1) is 0 Å². The van der Waals surface area contributed by atoms with Crippen molar-refractivity contribution in [2.75, 3.05) is 23.8 Å². The van der Waals surface area contributed by atoms with Crippen LogP contribution in [0.5, 0.6) is 0 Å². The maximum atomic E-state index is 13.7. The number of carbonyl (C=O) groups is 2. The van der Waals surface area contributed by atoms with Crippen LogP contribution in [-0.2, 0) is 0 Å². The van der Waals surface area contributed by atoms with Crippen LogP contribution in [0.15, 0.2) is 36.4 Å². The second-order valence-corrected chi connectivity index (χ2v) is 7.24. The molecule has 0 saturated carbocycles. The van der Waals surface area contributed by atoms with E-state index in [-0.39, 0.29) is 23.8 Å². The van der Waals surface area contributed by atoms with Crippen LogP contribution in [0.1, 0.15) is 45.5 Å². The van der Waals surface area contributed by atoms with Gasteiger partial charge in [0.05, 0.1) is 11.3 Å². The minimum Gasteiger partial charge on any atom is -0.354 e. The Morgan fingerprint density at radius 2 is 2.00 bits per heavy atom. The first-order valence-electron chi connectivity index (χ1n) is 9.21. The molecule has 140 valence electrons. The Morgan fingerprint density at radius 1 is 1.19 bits per heavy atom. The summed E-state index contributed by atoms with van der Waals surface area (Å²) in [6, 6.07) is 9.71. The number of amides is 2. The highest BCUT2D eigenvalue weighted by molar-refractivity contribution is 6.08. The molecule has 1 atom stereocenters. The Hall–Kier alpha value is -2.89. The van der Waals surface area contributed by atoms with E-state index in [0.717, 1.165) is 31.5 Å². The Morgan fingerprint density at radius 3 is 2.78 bits per heavy atom. The van der Waals surface area contributed by atoms with Crippen LogP contribution in [0.3, 0.4) is 0 Å². The number of aryl methyl sites for hydroxylation is 1. The molecule has 0 spiro atoms. The number of benzene rings is 2. The Balaban J connectivity index is 1.62. The van der Waals surface area contributed by atoms with Crippen LogP contribution >= 0.6 is 0 Å². The standard InChI is InChI=1S/C21H22FN3O2/c1-13-6-8-15(12-17(13)22)23-20(26)14-7-9-16-18(11-14)24(2)19-5-3-4-10-25(19)21(16)27/h6-9,11-12,19H,3-5,10H2,1-2H3,(H,23,26). The number of halogens is 1. The van der Waals surface area contributed by atoms with Gasteiger partial charge in [0, 0.05) is 24.8 Å². The molecule has 27 heavy (non-hydrogen) atoms. The van der Waals surface area contributed by atoms with Gasteiger partial charge in [0.15, 0.2) is 0 Å². The van der Waals surface area contributed by atoms with Crippen molar-refractivity contribution in [1.82, 2.24) is 4.90 Å². The topological polar surface area (TPSA) is 52.7 Å². The lowest BCUT2D eigenvalue weighted by molar-refractivity contribution is 0.0589. The summed E-state index contributed by atoms with van der Waals surface area (Å²) in [5, 5.41) is 2.72. The quantitative estimate of drug-likeness (QED) is 0.879. The third-order valence-electron chi connectivity index (χ3n) is 5.48. The predicted molar refractivity (Wildman–Crippen MR) is 103 cm³/mol. The van der Waals surface area contributed by atoms with E-state index in [2.05, 4.69) is 10.2 Å². The lowest BCUT2D eigenvalue weighted by atomic mass is 9.97. The highest BCUT2D eigenvalue weighted by atomic mass is 19.1. The maximum absolute atomic E-state index is 13.7. The van der Waals surface area contributed by atoms with Crippen molar-refractivity contribution in [1.29, 1.82) is 0 Å². The van der Waals surface area contributed by atoms with Gasteiger partial charge in [-0.3, -0.25) is 9.59 Å². The van der Waals surface area contributed by atoms with Gasteiger partial charge in [0.2, 0.25) is 0 Å². The first-order chi connectivity index (χ1) is 13.0. The second kappa shape index (κ2) is 6.68. The summed E-state index contributed by atoms with van der Waals surface area (Å²) >= 11 is 0. The number of nitrogens with one attached hydrogen (secondary N) is 1. The molecular weight excluding hydrogens is 345 g/mol. The molecule has 6 heteroatoms. The van der Waals surface area contributed by atoms with Gasteiger partial charge in [-0.1, -0.05) is 6.07 Å². The zero-order valence-electron chi connectivity index (χ0n) is 15.5. The fourth-order valence-electron chi connectivity index (χ4n) is 3.89. The SMILES string of the molecule is Cc1ccc(NC(=O)c2ccc3c(c2)N(C)C2CCCCN2C3=O)cc1F. The molecule has 1 fully saturated rings. The number of fused-ring (bicyclic) bond motifs is 2. The smallest absolute Gasteiger partial charge is 0.257 e. The monoisotopic (exact) mass is 367 g/mol. The van der Waals surface area contributed by atoms with Gasteiger partial charge in [-0.2, -0.15) is 0 Å². The molecule has 0 radical (unpaired) electrons. The number of hydrogen-bond donors (Lipinski definition) is 1. The molecule has 1 saturated heterocycles. The van der Waals surface area contributed by atoms with Crippen molar-refractivity contribution in [3.8, 4) is 0 Å². The van der Waals surface area contributed by atoms with E-state index in [9.17, 15) is 14.0 Å². The third-order valence-corrected chi connectivity index (χ3v) is 5.48. The van der Waals surface area contributed by atoms with Crippen LogP contribution in [-0.4, -0.2) is 36.5 Å². The Labute approximate surface area is 157 Å². The summed E-state index contributed by atoms with van der Waals surface area (Å²) in [6.45, 7) is 2.44. The van der Waals surface area contributed by atoms with E-state index in [4.69, 9.17) is 0 Å². The van der Waals surface area contributed by atoms with Gasteiger partial charge >= 0.3 is 0 Å². The van der Waals surface area contributed by atoms with Gasteiger partial charge in [-0.25, -0.2) is 4.39 Å². The zero-order chi connectivity index (χ0) is 19.1. The van der Waals surface area contributed by atoms with Crippen molar-refractivity contribution < 1.29 is 14.0 Å². The lowest BCUT2D eigenvalue weighted by Crippen LogP contribution is -2.55. The van der Waals surface area contributed by atoms with Gasteiger partial charge in [0.25, 0.3) is 11.8 Å². The van der Waals surface area contributed by atoms with Gasteiger partial charge < -0.3 is 15.1 Å². The molecule has 1 unspecified atom stereocenters. The summed E-state index contributed by atoms with van der Waals surface area (Å²) in [4.78, 5) is 29.4. The molecule has 0 aromatic heterocycles. The van der Waals surface area contributed by atoms with E-state index < -0.39 is 0 Å². The molecule has 2 aliphatic heterocycles. The number of piperidine rings is 1. The Bertz CT molecular complexity index is 928. The van der Waals surface area contributed by atoms with Crippen LogP contribution < -0.4 is 10.2 Å². The van der Waals surface area contributed by atoms with Crippen LogP contribution in [0, 0.1) is 12.7 Å². The molecule has 0 bridgehead atoms. The summed E-state index contributed by atoms with van der Waals surface area (Å²) in [7, 11) is 1.96. The maximum Gasteiger partial charge on any atom is 0.257 e. The molecule has 2 amide bonds. The van der Waals surface area contributed by atoms with E-state index in [1.807, 2.05) is 11.9 Å². The van der Waals surface area contributed by atoms with Crippen molar-refractivity contribution >= 4 is 23.2 Å². The fraction of sp³-hybridized carbons (Fsp3) is 0.333. The summed E-state index contributed by atoms with van der Waals surface area (Å²) in [5.41, 5.74) is 2.76. The molecule has 5 nitrogen and oxygen atoms in total. The van der Waals surface area contributed by atoms with Crippen molar-refractivity contribution in [2.24, 2.45) is 0 Å². The Kier molecular flexibility index (Phi) is 4.34. The molecule has 4 rings (SSSR count). The summed E-state index contributed by atoms with van der Waals surface area (Å²) < 4.78 is 13.7. The van der Waals surface area contributed by atoms with Crippen molar-refractivity contribution in [3.05, 3.63) is 58.9 Å². The normalized spacial score (nSPS) is 18.8. The second-order valence-electron chi connectivity index (χ2n) is 7.24. The van der Waals surface area contributed by atoms with Crippen molar-refractivity contribution in [2.45, 2.75) is 32.4 Å². The van der Waals surface area contributed by atoms with E-state index >= 15 is 0 Å². The molecule has 1 N–H and O–H groups in total. The van der Waals surface area contributed by atoms with Crippen LogP contribution in [0.2, 0.25) is 0 Å². The molecule has 0 aliphatic carbocycles. The van der Waals surface area contributed by atoms with Gasteiger partial charge in [0.1, 0.15) is 12.0 Å². The number of nitrogens with zero attached hydrogens (tertiary/aromatic N) is 2. The number of hydrogen-bond acceptors (Lipinski definition) is 3. The largest absolute Gasteiger partial charge is 0.354 e. The van der Waals surface area contributed by atoms with E-state index in [1.54, 1.807) is 37.3 Å². The first-order valence-corrected chi connectivity index (χ1v) is 9.21. The molecule has 2 aromatic carbocycles. The minimum atomic E-state index is -0.360. The molecule has 2 aromatic rings. The van der Waals surface area contributed by atoms with Crippen LogP contribution in [0.4, 0.5) is 15.8 Å². The predicted octanol–water partition coefficient (Wildman–Crippen LogP) is 3.79. The number of anilines is 2. The summed E-state index contributed by atoms with van der Waals surface area (Å²) in [6.07, 6.45) is 3.09. The number of rotatable bonds is 2. The van der Waals surface area contributed by atoms with E-state index in [0.29, 0.717) is 22.4 Å².